The van der Waals surface area contributed by atoms with Crippen LogP contribution < -0.4 is 0 Å². The van der Waals surface area contributed by atoms with E-state index in [9.17, 15) is 4.79 Å². The maximum Gasteiger partial charge on any atom is 0.173 e. The Morgan fingerprint density at radius 2 is 2.04 bits per heavy atom. The SMILES string of the molecule is O=C(CSc1ccccn1)c1ccc2[nH]c3nccc(Cl)c3c2c1. The number of benzene rings is 1. The Kier molecular flexibility index (Phi) is 3.96. The van der Waals surface area contributed by atoms with Gasteiger partial charge in [0.15, 0.2) is 5.78 Å². The van der Waals surface area contributed by atoms with Gasteiger partial charge in [0.1, 0.15) is 5.65 Å². The van der Waals surface area contributed by atoms with Crippen LogP contribution in [-0.2, 0) is 0 Å². The van der Waals surface area contributed by atoms with E-state index in [2.05, 4.69) is 15.0 Å². The Morgan fingerprint density at radius 1 is 1.12 bits per heavy atom. The van der Waals surface area contributed by atoms with Crippen molar-refractivity contribution in [3.63, 3.8) is 0 Å². The van der Waals surface area contributed by atoms with Gasteiger partial charge in [-0.2, -0.15) is 0 Å². The van der Waals surface area contributed by atoms with Crippen molar-refractivity contribution in [2.75, 3.05) is 5.75 Å². The average Bonchev–Trinajstić information content (AvgIpc) is 2.99. The van der Waals surface area contributed by atoms with Gasteiger partial charge >= 0.3 is 0 Å². The number of aromatic nitrogens is 3. The first-order valence-electron chi connectivity index (χ1n) is 7.35. The highest BCUT2D eigenvalue weighted by Gasteiger charge is 2.13. The fourth-order valence-electron chi connectivity index (χ4n) is 2.61. The molecule has 1 N–H and O–H groups in total. The summed E-state index contributed by atoms with van der Waals surface area (Å²) in [5.74, 6) is 0.401. The zero-order valence-corrected chi connectivity index (χ0v) is 14.1. The number of fused-ring (bicyclic) bond motifs is 3. The van der Waals surface area contributed by atoms with Crippen LogP contribution in [0.1, 0.15) is 10.4 Å². The van der Waals surface area contributed by atoms with Gasteiger partial charge in [0, 0.05) is 34.2 Å². The maximum atomic E-state index is 12.5. The summed E-state index contributed by atoms with van der Waals surface area (Å²) in [4.78, 5) is 24.2. The molecule has 0 spiro atoms. The maximum absolute atomic E-state index is 12.5. The molecule has 3 heterocycles. The topological polar surface area (TPSA) is 58.6 Å². The molecule has 0 unspecified atom stereocenters. The Labute approximate surface area is 147 Å². The van der Waals surface area contributed by atoms with Crippen molar-refractivity contribution in [1.29, 1.82) is 0 Å². The molecule has 118 valence electrons. The molecule has 0 aliphatic heterocycles. The predicted molar refractivity (Wildman–Crippen MR) is 97.9 cm³/mol. The fourth-order valence-corrected chi connectivity index (χ4v) is 3.61. The van der Waals surface area contributed by atoms with Crippen LogP contribution in [0, 0.1) is 0 Å². The number of nitrogens with one attached hydrogen (secondary N) is 1. The van der Waals surface area contributed by atoms with Gasteiger partial charge in [-0.3, -0.25) is 4.79 Å². The van der Waals surface area contributed by atoms with Gasteiger partial charge in [-0.05, 0) is 36.4 Å². The molecule has 6 heteroatoms. The van der Waals surface area contributed by atoms with Crippen molar-refractivity contribution in [2.24, 2.45) is 0 Å². The molecule has 3 aromatic heterocycles. The second kappa shape index (κ2) is 6.26. The molecule has 0 atom stereocenters. The highest BCUT2D eigenvalue weighted by atomic mass is 35.5. The van der Waals surface area contributed by atoms with Crippen LogP contribution >= 0.6 is 23.4 Å². The van der Waals surface area contributed by atoms with Crippen LogP contribution in [0.3, 0.4) is 0 Å². The minimum atomic E-state index is 0.0573. The number of hydrogen-bond acceptors (Lipinski definition) is 4. The molecule has 0 radical (unpaired) electrons. The summed E-state index contributed by atoms with van der Waals surface area (Å²) >= 11 is 7.72. The largest absolute Gasteiger partial charge is 0.339 e. The lowest BCUT2D eigenvalue weighted by Gasteiger charge is -2.02. The molecule has 4 rings (SSSR count). The number of pyridine rings is 2. The van der Waals surface area contributed by atoms with Crippen LogP contribution in [0.15, 0.2) is 59.9 Å². The molecule has 0 aliphatic carbocycles. The number of H-pyrrole nitrogens is 1. The van der Waals surface area contributed by atoms with E-state index in [1.54, 1.807) is 18.5 Å². The Balaban J connectivity index is 1.67. The van der Waals surface area contributed by atoms with Crippen LogP contribution in [0.2, 0.25) is 5.02 Å². The van der Waals surface area contributed by atoms with Gasteiger partial charge in [-0.25, -0.2) is 9.97 Å². The van der Waals surface area contributed by atoms with Crippen LogP contribution in [-0.4, -0.2) is 26.5 Å². The van der Waals surface area contributed by atoms with Crippen molar-refractivity contribution in [1.82, 2.24) is 15.0 Å². The molecule has 0 fully saturated rings. The Hall–Kier alpha value is -2.37. The van der Waals surface area contributed by atoms with Gasteiger partial charge in [0.2, 0.25) is 0 Å². The van der Waals surface area contributed by atoms with Crippen LogP contribution in [0.25, 0.3) is 21.9 Å². The highest BCUT2D eigenvalue weighted by Crippen LogP contribution is 2.31. The second-order valence-corrected chi connectivity index (χ2v) is 6.68. The van der Waals surface area contributed by atoms with E-state index in [1.807, 2.05) is 36.4 Å². The first kappa shape index (κ1) is 15.2. The van der Waals surface area contributed by atoms with Crippen LogP contribution in [0.4, 0.5) is 0 Å². The number of Topliss-reactive ketones (excluding diaryl/α,β-unsaturated/α-hetero) is 1. The smallest absolute Gasteiger partial charge is 0.173 e. The van der Waals surface area contributed by atoms with E-state index < -0.39 is 0 Å². The summed E-state index contributed by atoms with van der Waals surface area (Å²) in [6.07, 6.45) is 3.38. The normalized spacial score (nSPS) is 11.2. The minimum absolute atomic E-state index is 0.0573. The minimum Gasteiger partial charge on any atom is -0.339 e. The molecular formula is C18H12ClN3OS. The number of carbonyl (C=O) groups is 1. The molecule has 4 aromatic rings. The fraction of sp³-hybridized carbons (Fsp3) is 0.0556. The number of rotatable bonds is 4. The molecule has 0 aliphatic rings. The second-order valence-electron chi connectivity index (χ2n) is 5.28. The van der Waals surface area contributed by atoms with Crippen molar-refractivity contribution in [3.05, 3.63) is 65.4 Å². The van der Waals surface area contributed by atoms with E-state index >= 15 is 0 Å². The lowest BCUT2D eigenvalue weighted by atomic mass is 10.1. The average molecular weight is 354 g/mol. The number of nitrogens with zero attached hydrogens (tertiary/aromatic N) is 2. The first-order chi connectivity index (χ1) is 11.7. The summed E-state index contributed by atoms with van der Waals surface area (Å²) < 4.78 is 0. The van der Waals surface area contributed by atoms with Gasteiger partial charge < -0.3 is 4.98 Å². The molecule has 24 heavy (non-hydrogen) atoms. The first-order valence-corrected chi connectivity index (χ1v) is 8.72. The molecule has 0 saturated heterocycles. The molecule has 0 bridgehead atoms. The lowest BCUT2D eigenvalue weighted by Crippen LogP contribution is -2.02. The zero-order chi connectivity index (χ0) is 16.5. The summed E-state index contributed by atoms with van der Waals surface area (Å²) in [7, 11) is 0. The summed E-state index contributed by atoms with van der Waals surface area (Å²) in [5, 5.41) is 3.22. The molecule has 0 amide bonds. The number of thioether (sulfide) groups is 1. The van der Waals surface area contributed by atoms with Gasteiger partial charge in [0.05, 0.1) is 15.8 Å². The van der Waals surface area contributed by atoms with Gasteiger partial charge in [-0.15, -0.1) is 0 Å². The third kappa shape index (κ3) is 2.77. The summed E-state index contributed by atoms with van der Waals surface area (Å²) in [5.41, 5.74) is 2.30. The highest BCUT2D eigenvalue weighted by molar-refractivity contribution is 7.99. The molecule has 4 nitrogen and oxygen atoms in total. The third-order valence-electron chi connectivity index (χ3n) is 3.75. The van der Waals surface area contributed by atoms with E-state index in [0.717, 1.165) is 27.0 Å². The van der Waals surface area contributed by atoms with Crippen LogP contribution in [0.5, 0.6) is 0 Å². The zero-order valence-electron chi connectivity index (χ0n) is 12.5. The van der Waals surface area contributed by atoms with Crippen molar-refractivity contribution in [2.45, 2.75) is 5.03 Å². The third-order valence-corrected chi connectivity index (χ3v) is 5.01. The van der Waals surface area contributed by atoms with Crippen molar-refractivity contribution in [3.8, 4) is 0 Å². The Morgan fingerprint density at radius 3 is 2.88 bits per heavy atom. The molecule has 1 aromatic carbocycles. The predicted octanol–water partition coefficient (Wildman–Crippen LogP) is 4.74. The lowest BCUT2D eigenvalue weighted by molar-refractivity contribution is 0.102. The van der Waals surface area contributed by atoms with E-state index in [4.69, 9.17) is 11.6 Å². The summed E-state index contributed by atoms with van der Waals surface area (Å²) in [6.45, 7) is 0. The van der Waals surface area contributed by atoms with Crippen molar-refractivity contribution < 1.29 is 4.79 Å². The number of hydrogen-bond donors (Lipinski definition) is 1. The van der Waals surface area contributed by atoms with E-state index in [-0.39, 0.29) is 5.78 Å². The quantitative estimate of drug-likeness (QED) is 0.425. The monoisotopic (exact) mass is 353 g/mol. The van der Waals surface area contributed by atoms with E-state index in [0.29, 0.717) is 16.3 Å². The number of carbonyl (C=O) groups excluding carboxylic acids is 1. The van der Waals surface area contributed by atoms with Gasteiger partial charge in [0.25, 0.3) is 0 Å². The standard InChI is InChI=1S/C18H12ClN3OS/c19-13-6-8-21-18-17(13)12-9-11(4-5-14(12)22-18)15(23)10-24-16-3-1-2-7-20-16/h1-9H,10H2,(H,21,22). The van der Waals surface area contributed by atoms with E-state index in [1.165, 1.54) is 11.8 Å². The number of ketones is 1. The summed E-state index contributed by atoms with van der Waals surface area (Å²) in [6, 6.07) is 13.0. The Bertz CT molecular complexity index is 1050. The molecular weight excluding hydrogens is 342 g/mol. The number of aromatic amines is 1. The molecule has 0 saturated carbocycles. The number of halogens is 1. The van der Waals surface area contributed by atoms with Gasteiger partial charge in [-0.1, -0.05) is 29.4 Å². The van der Waals surface area contributed by atoms with Crippen molar-refractivity contribution >= 4 is 51.1 Å².